The van der Waals surface area contributed by atoms with E-state index >= 15 is 0 Å². The lowest BCUT2D eigenvalue weighted by Gasteiger charge is -2.30. The number of amides is 3. The van der Waals surface area contributed by atoms with Crippen LogP contribution in [-0.4, -0.2) is 58.6 Å². The van der Waals surface area contributed by atoms with Crippen LogP contribution in [0, 0.1) is 0 Å². The predicted octanol–water partition coefficient (Wildman–Crippen LogP) is 1.92. The van der Waals surface area contributed by atoms with Crippen molar-refractivity contribution < 1.29 is 14.7 Å². The second-order valence-corrected chi connectivity index (χ2v) is 8.10. The second-order valence-electron chi connectivity index (χ2n) is 7.26. The highest BCUT2D eigenvalue weighted by Crippen LogP contribution is 2.40. The van der Waals surface area contributed by atoms with Crippen molar-refractivity contribution in [3.05, 3.63) is 64.3 Å². The molecule has 0 aliphatic carbocycles. The molecule has 0 aromatic heterocycles. The van der Waals surface area contributed by atoms with Gasteiger partial charge in [0.15, 0.2) is 0 Å². The molecule has 2 aromatic carbocycles. The standard InChI is InChI=1S/C21H15Cl2N5O3/c1-25-18-17(19(30)26(2)21(25)31)27-10-15(12-8-7-11(22)9-13(12)23)28(20(27)24-18)14-5-3-4-6-16(14)29/h3-10,17H,1-2H3. The Morgan fingerprint density at radius 3 is 2.48 bits per heavy atom. The first-order chi connectivity index (χ1) is 14.8. The Balaban J connectivity index is 1.74. The first kappa shape index (κ1) is 19.5. The largest absolute Gasteiger partial charge is 0.870 e. The van der Waals surface area contributed by atoms with Crippen molar-refractivity contribution in [3.63, 3.8) is 0 Å². The lowest BCUT2D eigenvalue weighted by molar-refractivity contribution is -0.267. The maximum atomic E-state index is 13.0. The number of likely N-dealkylation sites (N-methyl/N-ethyl adjacent to an activating group) is 2. The maximum Gasteiger partial charge on any atom is 0.415 e. The summed E-state index contributed by atoms with van der Waals surface area (Å²) in [5.74, 6) is 0.00398. The Morgan fingerprint density at radius 1 is 1.03 bits per heavy atom. The van der Waals surface area contributed by atoms with E-state index in [-0.39, 0.29) is 5.75 Å². The van der Waals surface area contributed by atoms with Crippen LogP contribution in [0.1, 0.15) is 5.56 Å². The topological polar surface area (TPSA) is 84.3 Å². The predicted molar refractivity (Wildman–Crippen MR) is 117 cm³/mol. The minimum atomic E-state index is -0.826. The third-order valence-electron chi connectivity index (χ3n) is 5.47. The molecule has 0 bridgehead atoms. The molecule has 8 nitrogen and oxygen atoms in total. The molecular weight excluding hydrogens is 441 g/mol. The molecule has 3 aliphatic rings. The molecule has 3 amide bonds. The van der Waals surface area contributed by atoms with E-state index in [9.17, 15) is 14.7 Å². The maximum absolute atomic E-state index is 13.0. The number of anilines is 1. The number of benzene rings is 2. The van der Waals surface area contributed by atoms with Crippen LogP contribution in [-0.2, 0) is 4.79 Å². The lowest BCUT2D eigenvalue weighted by atomic mass is 10.1. The zero-order valence-electron chi connectivity index (χ0n) is 16.4. The van der Waals surface area contributed by atoms with E-state index < -0.39 is 18.0 Å². The molecule has 156 valence electrons. The number of hydrogen-bond donors (Lipinski definition) is 0. The minimum Gasteiger partial charge on any atom is -0.870 e. The minimum absolute atomic E-state index is 0.226. The number of carbonyl (C=O) groups is 2. The van der Waals surface area contributed by atoms with E-state index in [0.29, 0.717) is 38.8 Å². The number of urea groups is 1. The van der Waals surface area contributed by atoms with E-state index in [4.69, 9.17) is 23.2 Å². The fraction of sp³-hybridized carbons (Fsp3) is 0.143. The van der Waals surface area contributed by atoms with Crippen LogP contribution < -0.4 is 14.7 Å². The number of carbonyl (C=O) groups excluding carboxylic acids is 2. The first-order valence-electron chi connectivity index (χ1n) is 9.32. The SMILES string of the molecule is CN1C(=O)C2C(=[N+]=C3N(c4ccccc4[O-])C(c4ccc(Cl)cc4Cl)=CN32)N(C)C1=O. The number of fused-ring (bicyclic) bond motifs is 3. The van der Waals surface area contributed by atoms with Gasteiger partial charge in [-0.3, -0.25) is 9.69 Å². The van der Waals surface area contributed by atoms with Crippen molar-refractivity contribution in [1.82, 2.24) is 19.4 Å². The third kappa shape index (κ3) is 2.73. The Bertz CT molecular complexity index is 1270. The van der Waals surface area contributed by atoms with Gasteiger partial charge in [0.25, 0.3) is 5.91 Å². The summed E-state index contributed by atoms with van der Waals surface area (Å²) in [6.45, 7) is 0. The summed E-state index contributed by atoms with van der Waals surface area (Å²) in [5, 5.41) is 13.6. The number of halogens is 2. The van der Waals surface area contributed by atoms with Gasteiger partial charge in [-0.05, 0) is 24.3 Å². The van der Waals surface area contributed by atoms with Crippen LogP contribution in [0.5, 0.6) is 5.75 Å². The molecule has 5 rings (SSSR count). The van der Waals surface area contributed by atoms with Crippen LogP contribution in [0.3, 0.4) is 0 Å². The number of para-hydroxylation sites is 2. The summed E-state index contributed by atoms with van der Waals surface area (Å²) in [6.07, 6.45) is 1.72. The van der Waals surface area contributed by atoms with Crippen molar-refractivity contribution in [1.29, 1.82) is 0 Å². The molecule has 2 aromatic rings. The summed E-state index contributed by atoms with van der Waals surface area (Å²) in [6, 6.07) is 10.3. The van der Waals surface area contributed by atoms with Gasteiger partial charge in [0.1, 0.15) is 5.70 Å². The zero-order valence-corrected chi connectivity index (χ0v) is 17.9. The number of imide groups is 1. The molecular formula is C21H15Cl2N5O3. The molecule has 0 saturated carbocycles. The van der Waals surface area contributed by atoms with Gasteiger partial charge in [-0.1, -0.05) is 47.2 Å². The van der Waals surface area contributed by atoms with Gasteiger partial charge >= 0.3 is 17.8 Å². The molecule has 3 aliphatic heterocycles. The van der Waals surface area contributed by atoms with Gasteiger partial charge in [-0.25, -0.2) is 24.2 Å². The van der Waals surface area contributed by atoms with E-state index in [1.807, 2.05) is 0 Å². The highest BCUT2D eigenvalue weighted by molar-refractivity contribution is 6.36. The second kappa shape index (κ2) is 6.78. The lowest BCUT2D eigenvalue weighted by Crippen LogP contribution is -2.62. The average Bonchev–Trinajstić information content (AvgIpc) is 3.27. The Kier molecular flexibility index (Phi) is 4.27. The molecule has 1 fully saturated rings. The average molecular weight is 456 g/mol. The van der Waals surface area contributed by atoms with E-state index in [1.54, 1.807) is 59.4 Å². The summed E-state index contributed by atoms with van der Waals surface area (Å²) in [7, 11) is 2.99. The monoisotopic (exact) mass is 455 g/mol. The highest BCUT2D eigenvalue weighted by Gasteiger charge is 2.58. The molecule has 10 heteroatoms. The van der Waals surface area contributed by atoms with Crippen molar-refractivity contribution in [2.24, 2.45) is 0 Å². The van der Waals surface area contributed by atoms with E-state index in [0.717, 1.165) is 4.90 Å². The van der Waals surface area contributed by atoms with Gasteiger partial charge in [0.2, 0.25) is 6.04 Å². The number of rotatable bonds is 2. The van der Waals surface area contributed by atoms with E-state index in [1.165, 1.54) is 18.0 Å². The van der Waals surface area contributed by atoms with Crippen LogP contribution in [0.2, 0.25) is 10.0 Å². The Morgan fingerprint density at radius 2 is 1.77 bits per heavy atom. The van der Waals surface area contributed by atoms with Gasteiger partial charge < -0.3 is 5.11 Å². The van der Waals surface area contributed by atoms with Gasteiger partial charge in [0, 0.05) is 17.6 Å². The van der Waals surface area contributed by atoms with Crippen LogP contribution in [0.15, 0.2) is 48.7 Å². The summed E-state index contributed by atoms with van der Waals surface area (Å²) < 4.78 is 4.59. The number of amidine groups is 1. The summed E-state index contributed by atoms with van der Waals surface area (Å²) in [4.78, 5) is 31.0. The normalized spacial score (nSPS) is 20.0. The molecule has 0 spiro atoms. The molecule has 0 radical (unpaired) electrons. The Hall–Kier alpha value is -3.45. The van der Waals surface area contributed by atoms with E-state index in [2.05, 4.69) is 4.67 Å². The Labute approximate surface area is 187 Å². The number of guanidine groups is 1. The van der Waals surface area contributed by atoms with Gasteiger partial charge in [0.05, 0.1) is 24.0 Å². The van der Waals surface area contributed by atoms with Crippen molar-refractivity contribution in [2.45, 2.75) is 6.04 Å². The van der Waals surface area contributed by atoms with Crippen molar-refractivity contribution >= 4 is 58.3 Å². The fourth-order valence-corrected chi connectivity index (χ4v) is 4.42. The first-order valence-corrected chi connectivity index (χ1v) is 10.1. The smallest absolute Gasteiger partial charge is 0.415 e. The summed E-state index contributed by atoms with van der Waals surface area (Å²) in [5.41, 5.74) is 1.53. The van der Waals surface area contributed by atoms with Crippen LogP contribution in [0.4, 0.5) is 10.5 Å². The van der Waals surface area contributed by atoms with Gasteiger partial charge in [-0.15, -0.1) is 0 Å². The highest BCUT2D eigenvalue weighted by atomic mass is 35.5. The molecule has 1 unspecified atom stereocenters. The zero-order chi connectivity index (χ0) is 22.0. The molecule has 1 atom stereocenters. The number of nitrogens with zero attached hydrogens (tertiary/aromatic N) is 5. The quantitative estimate of drug-likeness (QED) is 0.645. The van der Waals surface area contributed by atoms with Crippen LogP contribution in [0.25, 0.3) is 5.70 Å². The fourth-order valence-electron chi connectivity index (χ4n) is 3.91. The molecule has 1 saturated heterocycles. The molecule has 31 heavy (non-hydrogen) atoms. The number of hydrogen-bond acceptors (Lipinski definition) is 5. The van der Waals surface area contributed by atoms with Gasteiger partial charge in [-0.2, -0.15) is 0 Å². The van der Waals surface area contributed by atoms with Crippen molar-refractivity contribution in [3.8, 4) is 5.75 Å². The third-order valence-corrected chi connectivity index (χ3v) is 6.01. The van der Waals surface area contributed by atoms with Crippen LogP contribution >= 0.6 is 23.2 Å². The molecule has 0 N–H and O–H groups in total. The van der Waals surface area contributed by atoms with Crippen molar-refractivity contribution in [2.75, 3.05) is 19.0 Å². The molecule has 3 heterocycles. The summed E-state index contributed by atoms with van der Waals surface area (Å²) >= 11 is 12.5.